The van der Waals surface area contributed by atoms with E-state index in [2.05, 4.69) is 15.4 Å². The Balaban J connectivity index is 1.63. The Morgan fingerprint density at radius 2 is 1.64 bits per heavy atom. The number of hydrogen-bond acceptors (Lipinski definition) is 4. The van der Waals surface area contributed by atoms with E-state index >= 15 is 0 Å². The van der Waals surface area contributed by atoms with Gasteiger partial charge in [0.1, 0.15) is 0 Å². The molecule has 0 saturated heterocycles. The van der Waals surface area contributed by atoms with Crippen molar-refractivity contribution < 1.29 is 31.1 Å². The number of benzene rings is 3. The van der Waals surface area contributed by atoms with Gasteiger partial charge < -0.3 is 15.4 Å². The molecule has 0 unspecified atom stereocenters. The minimum atomic E-state index is -4.56. The normalized spacial score (nSPS) is 14.0. The van der Waals surface area contributed by atoms with Gasteiger partial charge in [-0.1, -0.05) is 36.4 Å². The fraction of sp³-hybridized carbons (Fsp3) is 0.160. The van der Waals surface area contributed by atoms with Crippen molar-refractivity contribution in [3.8, 4) is 0 Å². The number of rotatable bonds is 6. The number of carbonyl (C=O) groups excluding carboxylic acids is 1. The van der Waals surface area contributed by atoms with Gasteiger partial charge in [0.15, 0.2) is 0 Å². The molecular formula is C25H22F3N3O4S. The summed E-state index contributed by atoms with van der Waals surface area (Å²) in [5, 5.41) is 4.96. The highest BCUT2D eigenvalue weighted by molar-refractivity contribution is 7.92. The van der Waals surface area contributed by atoms with Gasteiger partial charge in [-0.05, 0) is 54.5 Å². The number of amides is 2. The summed E-state index contributed by atoms with van der Waals surface area (Å²) in [7, 11) is -3.99. The first-order valence-corrected chi connectivity index (χ1v) is 12.3. The summed E-state index contributed by atoms with van der Waals surface area (Å²) in [5.41, 5.74) is 0.998. The molecule has 3 aromatic carbocycles. The molecule has 0 saturated carbocycles. The van der Waals surface area contributed by atoms with Crippen molar-refractivity contribution in [2.75, 3.05) is 28.6 Å². The molecule has 3 aromatic rings. The number of nitrogens with one attached hydrogen (secondary N) is 3. The van der Waals surface area contributed by atoms with E-state index in [0.29, 0.717) is 30.9 Å². The maximum Gasteiger partial charge on any atom is 0.416 e. The van der Waals surface area contributed by atoms with Gasteiger partial charge in [0.05, 0.1) is 29.4 Å². The van der Waals surface area contributed by atoms with Gasteiger partial charge >= 0.3 is 12.2 Å². The van der Waals surface area contributed by atoms with Crippen molar-refractivity contribution in [2.24, 2.45) is 0 Å². The van der Waals surface area contributed by atoms with Gasteiger partial charge in [-0.3, -0.25) is 4.72 Å². The number of anilines is 3. The Morgan fingerprint density at radius 3 is 2.33 bits per heavy atom. The zero-order valence-corrected chi connectivity index (χ0v) is 19.6. The largest absolute Gasteiger partial charge is 0.416 e. The van der Waals surface area contributed by atoms with Crippen LogP contribution in [-0.2, 0) is 20.9 Å². The van der Waals surface area contributed by atoms with Crippen LogP contribution in [0.2, 0.25) is 0 Å². The topological polar surface area (TPSA) is 96.5 Å². The SMILES string of the molecule is O=C(Nc1cccc(C(F)(F)F)c1)Nc1cc(S(=O)(=O)Nc2ccccc2)ccc1C1=CCOCC1. The summed E-state index contributed by atoms with van der Waals surface area (Å²) in [6.07, 6.45) is -2.20. The van der Waals surface area contributed by atoms with Crippen LogP contribution in [0.5, 0.6) is 0 Å². The summed E-state index contributed by atoms with van der Waals surface area (Å²) in [5.74, 6) is 0. The number of ether oxygens (including phenoxy) is 1. The zero-order valence-electron chi connectivity index (χ0n) is 18.8. The number of urea groups is 1. The summed E-state index contributed by atoms with van der Waals surface area (Å²) < 4.78 is 72.8. The number of para-hydroxylation sites is 1. The van der Waals surface area contributed by atoms with E-state index in [4.69, 9.17) is 4.74 Å². The number of sulfonamides is 1. The lowest BCUT2D eigenvalue weighted by Gasteiger charge is -2.19. The van der Waals surface area contributed by atoms with E-state index in [9.17, 15) is 26.4 Å². The van der Waals surface area contributed by atoms with E-state index in [1.165, 1.54) is 24.3 Å². The molecule has 0 aromatic heterocycles. The predicted octanol–water partition coefficient (Wildman–Crippen LogP) is 5.95. The second-order valence-corrected chi connectivity index (χ2v) is 9.57. The minimum Gasteiger partial charge on any atom is -0.377 e. The number of carbonyl (C=O) groups is 1. The van der Waals surface area contributed by atoms with Crippen molar-refractivity contribution in [3.63, 3.8) is 0 Å². The number of hydrogen-bond donors (Lipinski definition) is 3. The van der Waals surface area contributed by atoms with Gasteiger partial charge in [0.25, 0.3) is 10.0 Å². The second kappa shape index (κ2) is 10.4. The average molecular weight is 518 g/mol. The average Bonchev–Trinajstić information content (AvgIpc) is 2.84. The lowest BCUT2D eigenvalue weighted by molar-refractivity contribution is -0.137. The van der Waals surface area contributed by atoms with Crippen molar-refractivity contribution >= 4 is 38.7 Å². The third-order valence-corrected chi connectivity index (χ3v) is 6.71. The smallest absolute Gasteiger partial charge is 0.377 e. The van der Waals surface area contributed by atoms with E-state index in [1.54, 1.807) is 36.4 Å². The molecule has 0 bridgehead atoms. The second-order valence-electron chi connectivity index (χ2n) is 7.89. The molecule has 4 rings (SSSR count). The molecular weight excluding hydrogens is 495 g/mol. The summed E-state index contributed by atoms with van der Waals surface area (Å²) in [4.78, 5) is 12.6. The Kier molecular flexibility index (Phi) is 7.32. The van der Waals surface area contributed by atoms with Gasteiger partial charge in [0.2, 0.25) is 0 Å². The van der Waals surface area contributed by atoms with E-state index in [1.807, 2.05) is 6.08 Å². The van der Waals surface area contributed by atoms with Crippen LogP contribution >= 0.6 is 0 Å². The lowest BCUT2D eigenvalue weighted by atomic mass is 10.00. The van der Waals surface area contributed by atoms with E-state index in [0.717, 1.165) is 17.7 Å². The van der Waals surface area contributed by atoms with Crippen LogP contribution in [0.4, 0.5) is 35.0 Å². The van der Waals surface area contributed by atoms with Crippen molar-refractivity contribution in [3.05, 3.63) is 90.0 Å². The molecule has 7 nitrogen and oxygen atoms in total. The van der Waals surface area contributed by atoms with Crippen LogP contribution in [0.1, 0.15) is 17.5 Å². The molecule has 0 fully saturated rings. The van der Waals surface area contributed by atoms with Crippen LogP contribution in [0.15, 0.2) is 83.8 Å². The lowest BCUT2D eigenvalue weighted by Crippen LogP contribution is -2.21. The van der Waals surface area contributed by atoms with E-state index in [-0.39, 0.29) is 16.3 Å². The van der Waals surface area contributed by atoms with Crippen molar-refractivity contribution in [1.82, 2.24) is 0 Å². The van der Waals surface area contributed by atoms with Crippen LogP contribution in [0, 0.1) is 0 Å². The Hall–Kier alpha value is -3.83. The Bertz CT molecular complexity index is 1390. The fourth-order valence-electron chi connectivity index (χ4n) is 3.62. The molecule has 3 N–H and O–H groups in total. The summed E-state index contributed by atoms with van der Waals surface area (Å²) >= 11 is 0. The van der Waals surface area contributed by atoms with Gasteiger partial charge in [0, 0.05) is 16.9 Å². The molecule has 1 aliphatic rings. The van der Waals surface area contributed by atoms with Gasteiger partial charge in [-0.2, -0.15) is 13.2 Å². The standard InChI is InChI=1S/C25H22F3N3O4S/c26-25(27,28)18-5-4-8-20(15-18)29-24(32)30-23-16-21(9-10-22(23)17-11-13-35-14-12-17)36(33,34)31-19-6-2-1-3-7-19/h1-11,15-16,31H,12-14H2,(H2,29,30,32). The first-order valence-electron chi connectivity index (χ1n) is 10.9. The molecule has 0 spiro atoms. The van der Waals surface area contributed by atoms with Gasteiger partial charge in [-0.25, -0.2) is 13.2 Å². The van der Waals surface area contributed by atoms with Crippen molar-refractivity contribution in [1.29, 1.82) is 0 Å². The molecule has 1 aliphatic heterocycles. The molecule has 0 aliphatic carbocycles. The zero-order chi connectivity index (χ0) is 25.8. The Morgan fingerprint density at radius 1 is 0.889 bits per heavy atom. The fourth-order valence-corrected chi connectivity index (χ4v) is 4.71. The van der Waals surface area contributed by atoms with E-state index < -0.39 is 27.8 Å². The number of halogens is 3. The predicted molar refractivity (Wildman–Crippen MR) is 131 cm³/mol. The molecule has 188 valence electrons. The minimum absolute atomic E-state index is 0.0660. The molecule has 0 atom stereocenters. The van der Waals surface area contributed by atoms with Gasteiger partial charge in [-0.15, -0.1) is 0 Å². The third-order valence-electron chi connectivity index (χ3n) is 5.33. The summed E-state index contributed by atoms with van der Waals surface area (Å²) in [6, 6.07) is 16.0. The first kappa shape index (κ1) is 25.3. The summed E-state index contributed by atoms with van der Waals surface area (Å²) in [6.45, 7) is 0.818. The maximum absolute atomic E-state index is 13.0. The van der Waals surface area contributed by atoms with Crippen LogP contribution < -0.4 is 15.4 Å². The Labute approximate surface area is 206 Å². The highest BCUT2D eigenvalue weighted by atomic mass is 32.2. The molecule has 11 heteroatoms. The quantitative estimate of drug-likeness (QED) is 0.376. The molecule has 1 heterocycles. The molecule has 0 radical (unpaired) electrons. The highest BCUT2D eigenvalue weighted by Crippen LogP contribution is 2.32. The highest BCUT2D eigenvalue weighted by Gasteiger charge is 2.30. The van der Waals surface area contributed by atoms with Crippen LogP contribution in [0.3, 0.4) is 0 Å². The molecule has 36 heavy (non-hydrogen) atoms. The first-order chi connectivity index (χ1) is 17.1. The monoisotopic (exact) mass is 517 g/mol. The third kappa shape index (κ3) is 6.23. The number of alkyl halides is 3. The molecule has 2 amide bonds. The maximum atomic E-state index is 13.0. The van der Waals surface area contributed by atoms with Crippen LogP contribution in [0.25, 0.3) is 5.57 Å². The van der Waals surface area contributed by atoms with Crippen LogP contribution in [-0.4, -0.2) is 27.7 Å². The van der Waals surface area contributed by atoms with Crippen molar-refractivity contribution in [2.45, 2.75) is 17.5 Å².